The third kappa shape index (κ3) is 5.64. The van der Waals surface area contributed by atoms with Crippen molar-refractivity contribution in [2.24, 2.45) is 0 Å². The number of rotatable bonds is 9. The minimum Gasteiger partial charge on any atom is -0.497 e. The normalized spacial score (nSPS) is 12.9. The van der Waals surface area contributed by atoms with E-state index in [0.717, 1.165) is 13.0 Å². The molecule has 3 rings (SSSR count). The standard InChI is InChI=1S/C22H27N3O5/c1-24(2)10-5-11-25-19-12-16(8-9-20(19)30-15-22(25)27)23-21(26)14-29-18-7-4-6-17(13-18)28-3/h4,6-9,12-13H,5,10-11,14-15H2,1-3H3,(H,23,26). The summed E-state index contributed by atoms with van der Waals surface area (Å²) in [6, 6.07) is 12.3. The van der Waals surface area contributed by atoms with Crippen LogP contribution in [-0.4, -0.2) is 64.2 Å². The molecule has 160 valence electrons. The minimum atomic E-state index is -0.306. The Morgan fingerprint density at radius 2 is 2.00 bits per heavy atom. The van der Waals surface area contributed by atoms with Gasteiger partial charge in [-0.05, 0) is 57.4 Å². The molecule has 0 radical (unpaired) electrons. The number of hydrogen-bond acceptors (Lipinski definition) is 6. The summed E-state index contributed by atoms with van der Waals surface area (Å²) in [6.07, 6.45) is 0.836. The molecule has 2 aromatic rings. The molecule has 8 heteroatoms. The van der Waals surface area contributed by atoms with E-state index in [1.54, 1.807) is 54.5 Å². The fraction of sp³-hybridized carbons (Fsp3) is 0.364. The predicted octanol–water partition coefficient (Wildman–Crippen LogP) is 2.39. The number of hydrogen-bond donors (Lipinski definition) is 1. The van der Waals surface area contributed by atoms with Crippen LogP contribution in [0.3, 0.4) is 0 Å². The van der Waals surface area contributed by atoms with Crippen LogP contribution >= 0.6 is 0 Å². The van der Waals surface area contributed by atoms with Gasteiger partial charge in [-0.1, -0.05) is 6.07 Å². The second-order valence-corrected chi connectivity index (χ2v) is 7.19. The molecule has 1 N–H and O–H groups in total. The van der Waals surface area contributed by atoms with Gasteiger partial charge in [0.25, 0.3) is 11.8 Å². The summed E-state index contributed by atoms with van der Waals surface area (Å²) >= 11 is 0. The van der Waals surface area contributed by atoms with E-state index in [0.29, 0.717) is 35.2 Å². The molecule has 1 heterocycles. The van der Waals surface area contributed by atoms with Gasteiger partial charge in [0.05, 0.1) is 12.8 Å². The Morgan fingerprint density at radius 1 is 1.20 bits per heavy atom. The fourth-order valence-electron chi connectivity index (χ4n) is 3.11. The van der Waals surface area contributed by atoms with Crippen molar-refractivity contribution >= 4 is 23.2 Å². The average molecular weight is 413 g/mol. The molecule has 0 spiro atoms. The van der Waals surface area contributed by atoms with Crippen LogP contribution in [0.2, 0.25) is 0 Å². The first kappa shape index (κ1) is 21.4. The van der Waals surface area contributed by atoms with Crippen LogP contribution < -0.4 is 24.4 Å². The lowest BCUT2D eigenvalue weighted by molar-refractivity contribution is -0.121. The predicted molar refractivity (Wildman–Crippen MR) is 115 cm³/mol. The first-order valence-electron chi connectivity index (χ1n) is 9.75. The van der Waals surface area contributed by atoms with E-state index >= 15 is 0 Å². The molecule has 0 bridgehead atoms. The maximum Gasteiger partial charge on any atom is 0.265 e. The zero-order chi connectivity index (χ0) is 21.5. The maximum absolute atomic E-state index is 12.3. The Morgan fingerprint density at radius 3 is 2.77 bits per heavy atom. The molecule has 1 aliphatic rings. The van der Waals surface area contributed by atoms with Gasteiger partial charge in [0.2, 0.25) is 0 Å². The Hall–Kier alpha value is -3.26. The van der Waals surface area contributed by atoms with Gasteiger partial charge in [-0.15, -0.1) is 0 Å². The third-order valence-electron chi connectivity index (χ3n) is 4.58. The molecule has 0 aliphatic carbocycles. The average Bonchev–Trinajstić information content (AvgIpc) is 2.74. The third-order valence-corrected chi connectivity index (χ3v) is 4.58. The van der Waals surface area contributed by atoms with E-state index in [1.807, 2.05) is 14.1 Å². The van der Waals surface area contributed by atoms with Crippen LogP contribution in [0.4, 0.5) is 11.4 Å². The maximum atomic E-state index is 12.3. The van der Waals surface area contributed by atoms with Crippen molar-refractivity contribution in [3.63, 3.8) is 0 Å². The molecule has 30 heavy (non-hydrogen) atoms. The molecule has 8 nitrogen and oxygen atoms in total. The molecule has 0 saturated heterocycles. The number of carbonyl (C=O) groups excluding carboxylic acids is 2. The highest BCUT2D eigenvalue weighted by Crippen LogP contribution is 2.34. The number of carbonyl (C=O) groups is 2. The van der Waals surface area contributed by atoms with Crippen molar-refractivity contribution in [1.82, 2.24) is 4.90 Å². The number of anilines is 2. The van der Waals surface area contributed by atoms with Crippen molar-refractivity contribution in [3.05, 3.63) is 42.5 Å². The number of benzene rings is 2. The second-order valence-electron chi connectivity index (χ2n) is 7.19. The van der Waals surface area contributed by atoms with Gasteiger partial charge in [0, 0.05) is 18.3 Å². The lowest BCUT2D eigenvalue weighted by atomic mass is 10.2. The number of nitrogens with one attached hydrogen (secondary N) is 1. The minimum absolute atomic E-state index is 0.0229. The van der Waals surface area contributed by atoms with Crippen LogP contribution in [0.15, 0.2) is 42.5 Å². The van der Waals surface area contributed by atoms with Crippen molar-refractivity contribution in [2.45, 2.75) is 6.42 Å². The molecular weight excluding hydrogens is 386 g/mol. The van der Waals surface area contributed by atoms with E-state index in [9.17, 15) is 9.59 Å². The van der Waals surface area contributed by atoms with Crippen LogP contribution in [0.25, 0.3) is 0 Å². The molecule has 0 atom stereocenters. The molecular formula is C22H27N3O5. The largest absolute Gasteiger partial charge is 0.497 e. The van der Waals surface area contributed by atoms with Crippen LogP contribution in [0, 0.1) is 0 Å². The summed E-state index contributed by atoms with van der Waals surface area (Å²) < 4.78 is 16.2. The molecule has 0 saturated carbocycles. The lowest BCUT2D eigenvalue weighted by Crippen LogP contribution is -2.40. The van der Waals surface area contributed by atoms with Crippen molar-refractivity contribution < 1.29 is 23.8 Å². The number of fused-ring (bicyclic) bond motifs is 1. The van der Waals surface area contributed by atoms with Gasteiger partial charge in [-0.25, -0.2) is 0 Å². The van der Waals surface area contributed by atoms with Crippen molar-refractivity contribution in [2.75, 3.05) is 57.7 Å². The fourth-order valence-corrected chi connectivity index (χ4v) is 3.11. The molecule has 2 amide bonds. The van der Waals surface area contributed by atoms with E-state index in [-0.39, 0.29) is 25.0 Å². The van der Waals surface area contributed by atoms with E-state index in [4.69, 9.17) is 14.2 Å². The summed E-state index contributed by atoms with van der Waals surface area (Å²) in [4.78, 5) is 28.5. The monoisotopic (exact) mass is 413 g/mol. The van der Waals surface area contributed by atoms with Crippen molar-refractivity contribution in [1.29, 1.82) is 0 Å². The molecule has 0 unspecified atom stereocenters. The second kappa shape index (κ2) is 9.98. The van der Waals surface area contributed by atoms with E-state index < -0.39 is 0 Å². The molecule has 1 aliphatic heterocycles. The molecule has 0 aromatic heterocycles. The zero-order valence-electron chi connectivity index (χ0n) is 17.5. The summed E-state index contributed by atoms with van der Waals surface area (Å²) in [6.45, 7) is 1.34. The highest BCUT2D eigenvalue weighted by molar-refractivity contribution is 5.99. The molecule has 2 aromatic carbocycles. The first-order chi connectivity index (χ1) is 14.5. The van der Waals surface area contributed by atoms with Crippen LogP contribution in [0.1, 0.15) is 6.42 Å². The highest BCUT2D eigenvalue weighted by atomic mass is 16.5. The number of methoxy groups -OCH3 is 1. The zero-order valence-corrected chi connectivity index (χ0v) is 17.5. The quantitative estimate of drug-likeness (QED) is 0.680. The Balaban J connectivity index is 1.63. The summed E-state index contributed by atoms with van der Waals surface area (Å²) in [5, 5.41) is 2.80. The topological polar surface area (TPSA) is 80.3 Å². The van der Waals surface area contributed by atoms with Crippen LogP contribution in [-0.2, 0) is 9.59 Å². The van der Waals surface area contributed by atoms with Gasteiger partial charge in [-0.2, -0.15) is 0 Å². The van der Waals surface area contributed by atoms with Gasteiger partial charge in [-0.3, -0.25) is 9.59 Å². The Bertz CT molecular complexity index is 900. The first-order valence-corrected chi connectivity index (χ1v) is 9.75. The smallest absolute Gasteiger partial charge is 0.265 e. The van der Waals surface area contributed by atoms with E-state index in [1.165, 1.54) is 0 Å². The SMILES string of the molecule is COc1cccc(OCC(=O)Nc2ccc3c(c2)N(CCCN(C)C)C(=O)CO3)c1. The lowest BCUT2D eigenvalue weighted by Gasteiger charge is -2.30. The Labute approximate surface area is 176 Å². The number of ether oxygens (including phenoxy) is 3. The Kier molecular flexibility index (Phi) is 7.13. The van der Waals surface area contributed by atoms with E-state index in [2.05, 4.69) is 10.2 Å². The number of amides is 2. The summed E-state index contributed by atoms with van der Waals surface area (Å²) in [7, 11) is 5.56. The summed E-state index contributed by atoms with van der Waals surface area (Å²) in [5.41, 5.74) is 1.24. The van der Waals surface area contributed by atoms with Crippen molar-refractivity contribution in [3.8, 4) is 17.2 Å². The highest BCUT2D eigenvalue weighted by Gasteiger charge is 2.25. The van der Waals surface area contributed by atoms with Gasteiger partial charge >= 0.3 is 0 Å². The molecule has 0 fully saturated rings. The van der Waals surface area contributed by atoms with Gasteiger partial charge in [0.15, 0.2) is 13.2 Å². The number of nitrogens with zero attached hydrogens (tertiary/aromatic N) is 2. The van der Waals surface area contributed by atoms with Gasteiger partial charge < -0.3 is 29.3 Å². The summed E-state index contributed by atoms with van der Waals surface area (Å²) in [5.74, 6) is 1.43. The van der Waals surface area contributed by atoms with Crippen LogP contribution in [0.5, 0.6) is 17.2 Å². The van der Waals surface area contributed by atoms with Gasteiger partial charge in [0.1, 0.15) is 17.2 Å².